The Balaban J connectivity index is 1.15. The third kappa shape index (κ3) is 5.51. The summed E-state index contributed by atoms with van der Waals surface area (Å²) in [7, 11) is 0. The molecule has 2 fully saturated rings. The van der Waals surface area contributed by atoms with E-state index in [-0.39, 0.29) is 23.4 Å². The van der Waals surface area contributed by atoms with Crippen molar-refractivity contribution in [1.82, 2.24) is 20.1 Å². The van der Waals surface area contributed by atoms with Crippen LogP contribution in [0.3, 0.4) is 0 Å². The molecular weight excluding hydrogens is 480 g/mol. The van der Waals surface area contributed by atoms with Gasteiger partial charge in [-0.15, -0.1) is 0 Å². The predicted octanol–water partition coefficient (Wildman–Crippen LogP) is 3.80. The van der Waals surface area contributed by atoms with Gasteiger partial charge < -0.3 is 24.8 Å². The zero-order chi connectivity index (χ0) is 26.1. The third-order valence-corrected chi connectivity index (χ3v) is 7.23. The highest BCUT2D eigenvalue weighted by molar-refractivity contribution is 5.41. The molecule has 2 atom stereocenters. The molecule has 0 saturated carbocycles. The maximum Gasteiger partial charge on any atom is 0.324 e. The lowest BCUT2D eigenvalue weighted by atomic mass is 9.94. The standard InChI is InChI=1S/C26H33F2N7O2/c1-15(2)24-32-26(37-33-24)34-8-6-17(7-9-34)14-36-23-11-30-25(31-16(23)3)35-12-20(22(29)13-35)19-10-18(27)4-5-21(19)28/h4-5,10-11,15,17,20,22H,6-9,12-14,29H2,1-3H3/t20-,22+/m1/s1. The number of aromatic nitrogens is 4. The van der Waals surface area contributed by atoms with E-state index in [0.717, 1.165) is 49.6 Å². The molecule has 198 valence electrons. The fraction of sp³-hybridized carbons (Fsp3) is 0.538. The van der Waals surface area contributed by atoms with Crippen molar-refractivity contribution in [2.45, 2.75) is 51.5 Å². The first-order valence-electron chi connectivity index (χ1n) is 12.8. The van der Waals surface area contributed by atoms with Crippen LogP contribution in [0.15, 0.2) is 28.9 Å². The van der Waals surface area contributed by atoms with Crippen LogP contribution in [0.2, 0.25) is 0 Å². The maximum absolute atomic E-state index is 14.3. The molecule has 0 aliphatic carbocycles. The van der Waals surface area contributed by atoms with Crippen LogP contribution in [0.1, 0.15) is 55.6 Å². The van der Waals surface area contributed by atoms with Crippen LogP contribution in [0.25, 0.3) is 0 Å². The molecule has 37 heavy (non-hydrogen) atoms. The number of nitrogens with two attached hydrogens (primary N) is 1. The van der Waals surface area contributed by atoms with Gasteiger partial charge in [-0.05, 0) is 49.4 Å². The molecule has 3 aromatic rings. The highest BCUT2D eigenvalue weighted by Crippen LogP contribution is 2.32. The molecule has 9 nitrogen and oxygen atoms in total. The van der Waals surface area contributed by atoms with Gasteiger partial charge in [-0.25, -0.2) is 18.7 Å². The number of hydrogen-bond donors (Lipinski definition) is 1. The molecule has 2 saturated heterocycles. The number of rotatable bonds is 7. The van der Waals surface area contributed by atoms with Crippen LogP contribution in [0.4, 0.5) is 20.7 Å². The summed E-state index contributed by atoms with van der Waals surface area (Å²) >= 11 is 0. The second-order valence-corrected chi connectivity index (χ2v) is 10.3. The lowest BCUT2D eigenvalue weighted by molar-refractivity contribution is 0.217. The summed E-state index contributed by atoms with van der Waals surface area (Å²) < 4.78 is 39.5. The Hall–Kier alpha value is -3.34. The largest absolute Gasteiger partial charge is 0.490 e. The first-order chi connectivity index (χ1) is 17.8. The molecule has 2 aliphatic heterocycles. The second kappa shape index (κ2) is 10.6. The minimum absolute atomic E-state index is 0.236. The van der Waals surface area contributed by atoms with Gasteiger partial charge in [-0.2, -0.15) is 4.98 Å². The number of nitrogens with zero attached hydrogens (tertiary/aromatic N) is 6. The molecule has 2 aliphatic rings. The maximum atomic E-state index is 14.3. The van der Waals surface area contributed by atoms with E-state index in [0.29, 0.717) is 43.3 Å². The fourth-order valence-electron chi connectivity index (χ4n) is 4.95. The van der Waals surface area contributed by atoms with Gasteiger partial charge in [0.2, 0.25) is 5.95 Å². The molecule has 0 unspecified atom stereocenters. The molecule has 0 bridgehead atoms. The van der Waals surface area contributed by atoms with Gasteiger partial charge >= 0.3 is 6.01 Å². The smallest absolute Gasteiger partial charge is 0.324 e. The molecule has 0 spiro atoms. The van der Waals surface area contributed by atoms with Crippen molar-refractivity contribution < 1.29 is 18.0 Å². The van der Waals surface area contributed by atoms with Crippen molar-refractivity contribution in [3.8, 4) is 5.75 Å². The highest BCUT2D eigenvalue weighted by atomic mass is 19.1. The second-order valence-electron chi connectivity index (χ2n) is 10.3. The molecule has 4 heterocycles. The van der Waals surface area contributed by atoms with E-state index in [2.05, 4.69) is 25.0 Å². The topological polar surface area (TPSA) is 106 Å². The minimum atomic E-state index is -0.476. The number of anilines is 2. The van der Waals surface area contributed by atoms with Crippen molar-refractivity contribution in [1.29, 1.82) is 0 Å². The van der Waals surface area contributed by atoms with Gasteiger partial charge in [0.25, 0.3) is 0 Å². The summed E-state index contributed by atoms with van der Waals surface area (Å²) in [6.07, 6.45) is 3.60. The Labute approximate surface area is 215 Å². The van der Waals surface area contributed by atoms with Crippen LogP contribution in [-0.4, -0.2) is 58.9 Å². The highest BCUT2D eigenvalue weighted by Gasteiger charge is 2.34. The van der Waals surface area contributed by atoms with Crippen molar-refractivity contribution in [3.05, 3.63) is 53.1 Å². The molecule has 0 amide bonds. The lowest BCUT2D eigenvalue weighted by Gasteiger charge is -2.30. The third-order valence-electron chi connectivity index (χ3n) is 7.23. The van der Waals surface area contributed by atoms with Crippen LogP contribution in [0, 0.1) is 24.5 Å². The minimum Gasteiger partial charge on any atom is -0.490 e. The Morgan fingerprint density at radius 3 is 2.62 bits per heavy atom. The van der Waals surface area contributed by atoms with Crippen molar-refractivity contribution in [3.63, 3.8) is 0 Å². The van der Waals surface area contributed by atoms with Gasteiger partial charge in [-0.1, -0.05) is 19.0 Å². The van der Waals surface area contributed by atoms with Crippen molar-refractivity contribution in [2.24, 2.45) is 11.7 Å². The molecular formula is C26H33F2N7O2. The molecule has 5 rings (SSSR count). The van der Waals surface area contributed by atoms with Crippen LogP contribution in [-0.2, 0) is 0 Å². The van der Waals surface area contributed by atoms with E-state index in [1.807, 2.05) is 25.7 Å². The fourth-order valence-corrected chi connectivity index (χ4v) is 4.95. The predicted molar refractivity (Wildman–Crippen MR) is 135 cm³/mol. The number of aryl methyl sites for hydroxylation is 1. The monoisotopic (exact) mass is 513 g/mol. The molecule has 1 aromatic carbocycles. The molecule has 0 radical (unpaired) electrons. The Morgan fingerprint density at radius 1 is 1.14 bits per heavy atom. The number of halogens is 2. The van der Waals surface area contributed by atoms with E-state index < -0.39 is 11.6 Å². The molecule has 2 aromatic heterocycles. The normalized spacial score (nSPS) is 20.7. The van der Waals surface area contributed by atoms with E-state index in [4.69, 9.17) is 15.0 Å². The summed E-state index contributed by atoms with van der Waals surface area (Å²) in [6, 6.07) is 3.71. The summed E-state index contributed by atoms with van der Waals surface area (Å²) in [5.74, 6) is 1.25. The number of piperidine rings is 1. The summed E-state index contributed by atoms with van der Waals surface area (Å²) in [5, 5.41) is 4.05. The van der Waals surface area contributed by atoms with Crippen LogP contribution in [0.5, 0.6) is 5.75 Å². The quantitative estimate of drug-likeness (QED) is 0.505. The summed E-state index contributed by atoms with van der Waals surface area (Å²) in [6.45, 7) is 9.09. The SMILES string of the molecule is Cc1nc(N2C[C@H](c3cc(F)ccc3F)[C@@H](N)C2)ncc1OCC1CCN(c2nc(C(C)C)no2)CC1. The van der Waals surface area contributed by atoms with Crippen LogP contribution >= 0.6 is 0 Å². The number of ether oxygens (including phenoxy) is 1. The van der Waals surface area contributed by atoms with E-state index in [9.17, 15) is 8.78 Å². The number of hydrogen-bond acceptors (Lipinski definition) is 9. The zero-order valence-electron chi connectivity index (χ0n) is 21.4. The van der Waals surface area contributed by atoms with Crippen LogP contribution < -0.4 is 20.3 Å². The number of benzene rings is 1. The average Bonchev–Trinajstić information content (AvgIpc) is 3.53. The van der Waals surface area contributed by atoms with Gasteiger partial charge in [-0.3, -0.25) is 0 Å². The molecule has 2 N–H and O–H groups in total. The Morgan fingerprint density at radius 2 is 1.92 bits per heavy atom. The van der Waals surface area contributed by atoms with Gasteiger partial charge in [0.05, 0.1) is 18.5 Å². The first kappa shape index (κ1) is 25.3. The molecule has 11 heteroatoms. The van der Waals surface area contributed by atoms with Gasteiger partial charge in [0.15, 0.2) is 11.6 Å². The zero-order valence-corrected chi connectivity index (χ0v) is 21.4. The van der Waals surface area contributed by atoms with Crippen molar-refractivity contribution in [2.75, 3.05) is 42.6 Å². The average molecular weight is 514 g/mol. The first-order valence-corrected chi connectivity index (χ1v) is 12.8. The van der Waals surface area contributed by atoms with Gasteiger partial charge in [0.1, 0.15) is 11.6 Å². The van der Waals surface area contributed by atoms with E-state index in [1.165, 1.54) is 6.07 Å². The Bertz CT molecular complexity index is 1230. The Kier molecular flexibility index (Phi) is 7.23. The lowest BCUT2D eigenvalue weighted by Crippen LogP contribution is -2.35. The van der Waals surface area contributed by atoms with Crippen molar-refractivity contribution >= 4 is 12.0 Å². The summed E-state index contributed by atoms with van der Waals surface area (Å²) in [5.41, 5.74) is 7.30. The van der Waals surface area contributed by atoms with E-state index in [1.54, 1.807) is 6.20 Å². The summed E-state index contributed by atoms with van der Waals surface area (Å²) in [4.78, 5) is 17.6. The van der Waals surface area contributed by atoms with Gasteiger partial charge in [0, 0.05) is 44.1 Å². The van der Waals surface area contributed by atoms with E-state index >= 15 is 0 Å².